The fraction of sp³-hybridized carbons (Fsp3) is 0.300. The van der Waals surface area contributed by atoms with Crippen LogP contribution in [0.2, 0.25) is 0 Å². The summed E-state index contributed by atoms with van der Waals surface area (Å²) < 4.78 is 0. The van der Waals surface area contributed by atoms with Gasteiger partial charge in [0.05, 0.1) is 0 Å². The quantitative estimate of drug-likeness (QED) is 0.725. The van der Waals surface area contributed by atoms with Gasteiger partial charge in [0, 0.05) is 25.2 Å². The summed E-state index contributed by atoms with van der Waals surface area (Å²) >= 11 is 0. The molecule has 2 aromatic rings. The van der Waals surface area contributed by atoms with Crippen LogP contribution in [0.5, 0.6) is 0 Å². The summed E-state index contributed by atoms with van der Waals surface area (Å²) in [4.78, 5) is 23.8. The number of hydrogen-bond acceptors (Lipinski definition) is 2. The first-order valence-corrected chi connectivity index (χ1v) is 8.53. The Kier molecular flexibility index (Phi) is 7.01. The van der Waals surface area contributed by atoms with E-state index in [0.29, 0.717) is 25.2 Å². The lowest BCUT2D eigenvalue weighted by molar-refractivity contribution is 0.0951. The van der Waals surface area contributed by atoms with Crippen LogP contribution in [-0.2, 0) is 13.1 Å². The molecular formula is C20H25N3O2. The number of benzene rings is 2. The molecule has 3 N–H and O–H groups in total. The zero-order chi connectivity index (χ0) is 18.1. The zero-order valence-electron chi connectivity index (χ0n) is 14.8. The van der Waals surface area contributed by atoms with Gasteiger partial charge in [0.15, 0.2) is 0 Å². The van der Waals surface area contributed by atoms with Crippen LogP contribution in [0.15, 0.2) is 48.5 Å². The highest BCUT2D eigenvalue weighted by atomic mass is 16.2. The largest absolute Gasteiger partial charge is 0.348 e. The highest BCUT2D eigenvalue weighted by Crippen LogP contribution is 2.07. The number of urea groups is 1. The summed E-state index contributed by atoms with van der Waals surface area (Å²) in [6, 6.07) is 15.2. The molecule has 0 atom stereocenters. The molecule has 0 spiro atoms. The third-order valence-corrected chi connectivity index (χ3v) is 3.71. The molecule has 0 aliphatic rings. The number of nitrogens with one attached hydrogen (secondary N) is 3. The van der Waals surface area contributed by atoms with Gasteiger partial charge in [-0.15, -0.1) is 0 Å². The zero-order valence-corrected chi connectivity index (χ0v) is 14.8. The van der Waals surface area contributed by atoms with Crippen molar-refractivity contribution >= 4 is 11.9 Å². The number of aryl methyl sites for hydroxylation is 1. The molecule has 0 heterocycles. The Bertz CT molecular complexity index is 728. The average Bonchev–Trinajstić information content (AvgIpc) is 2.63. The Hall–Kier alpha value is -2.82. The monoisotopic (exact) mass is 339 g/mol. The van der Waals surface area contributed by atoms with Crippen molar-refractivity contribution in [3.05, 3.63) is 70.8 Å². The van der Waals surface area contributed by atoms with Gasteiger partial charge in [0.25, 0.3) is 5.91 Å². The van der Waals surface area contributed by atoms with Crippen LogP contribution in [0.4, 0.5) is 4.79 Å². The number of carbonyl (C=O) groups excluding carboxylic acids is 2. The Morgan fingerprint density at radius 3 is 2.24 bits per heavy atom. The van der Waals surface area contributed by atoms with Gasteiger partial charge in [-0.1, -0.05) is 48.9 Å². The van der Waals surface area contributed by atoms with Crippen LogP contribution in [0.25, 0.3) is 0 Å². The van der Waals surface area contributed by atoms with Gasteiger partial charge in [-0.2, -0.15) is 0 Å². The van der Waals surface area contributed by atoms with Gasteiger partial charge in [-0.05, 0) is 36.6 Å². The van der Waals surface area contributed by atoms with Crippen molar-refractivity contribution in [3.8, 4) is 0 Å². The molecular weight excluding hydrogens is 314 g/mol. The summed E-state index contributed by atoms with van der Waals surface area (Å²) in [7, 11) is 0. The summed E-state index contributed by atoms with van der Waals surface area (Å²) in [5.74, 6) is -0.0915. The summed E-state index contributed by atoms with van der Waals surface area (Å²) in [5.41, 5.74) is 3.70. The standard InChI is InChI=1S/C20H25N3O2/c1-3-10-21-20(25)23-14-17-8-5-7-16(12-17)13-22-19(24)18-9-4-6-15(2)11-18/h4-9,11-12H,3,10,13-14H2,1-2H3,(H,22,24)(H2,21,23,25). The molecule has 5 nitrogen and oxygen atoms in total. The van der Waals surface area contributed by atoms with E-state index in [2.05, 4.69) is 16.0 Å². The predicted molar refractivity (Wildman–Crippen MR) is 99.3 cm³/mol. The first-order chi connectivity index (χ1) is 12.1. The second kappa shape index (κ2) is 9.47. The van der Waals surface area contributed by atoms with Gasteiger partial charge in [0.2, 0.25) is 0 Å². The summed E-state index contributed by atoms with van der Waals surface area (Å²) in [6.45, 7) is 5.54. The van der Waals surface area contributed by atoms with Gasteiger partial charge < -0.3 is 16.0 Å². The maximum absolute atomic E-state index is 12.2. The highest BCUT2D eigenvalue weighted by Gasteiger charge is 2.06. The predicted octanol–water partition coefficient (Wildman–Crippen LogP) is 3.13. The fourth-order valence-corrected chi connectivity index (χ4v) is 2.40. The molecule has 0 aliphatic carbocycles. The van der Waals surface area contributed by atoms with Crippen LogP contribution in [0, 0.1) is 6.92 Å². The van der Waals surface area contributed by atoms with E-state index in [-0.39, 0.29) is 11.9 Å². The minimum Gasteiger partial charge on any atom is -0.348 e. The topological polar surface area (TPSA) is 70.2 Å². The molecule has 2 aromatic carbocycles. The van der Waals surface area contributed by atoms with Gasteiger partial charge in [-0.25, -0.2) is 4.79 Å². The highest BCUT2D eigenvalue weighted by molar-refractivity contribution is 5.94. The van der Waals surface area contributed by atoms with Gasteiger partial charge >= 0.3 is 6.03 Å². The van der Waals surface area contributed by atoms with Crippen LogP contribution in [0.3, 0.4) is 0 Å². The van der Waals surface area contributed by atoms with Crippen LogP contribution >= 0.6 is 0 Å². The molecule has 3 amide bonds. The van der Waals surface area contributed by atoms with E-state index in [1.54, 1.807) is 6.07 Å². The maximum Gasteiger partial charge on any atom is 0.315 e. The molecule has 5 heteroatoms. The first kappa shape index (κ1) is 18.5. The van der Waals surface area contributed by atoms with Crippen molar-refractivity contribution in [2.75, 3.05) is 6.54 Å². The molecule has 25 heavy (non-hydrogen) atoms. The lowest BCUT2D eigenvalue weighted by atomic mass is 10.1. The normalized spacial score (nSPS) is 10.2. The van der Waals surface area contributed by atoms with Gasteiger partial charge in [0.1, 0.15) is 0 Å². The van der Waals surface area contributed by atoms with Crippen molar-refractivity contribution in [1.29, 1.82) is 0 Å². The number of rotatable bonds is 7. The summed E-state index contributed by atoms with van der Waals surface area (Å²) in [5, 5.41) is 8.52. The Morgan fingerprint density at radius 1 is 0.880 bits per heavy atom. The molecule has 0 aliphatic heterocycles. The van der Waals surface area contributed by atoms with E-state index in [1.807, 2.05) is 56.3 Å². The molecule has 0 aromatic heterocycles. The van der Waals surface area contributed by atoms with E-state index in [0.717, 1.165) is 23.1 Å². The van der Waals surface area contributed by atoms with Crippen molar-refractivity contribution in [2.45, 2.75) is 33.4 Å². The Morgan fingerprint density at radius 2 is 1.56 bits per heavy atom. The van der Waals surface area contributed by atoms with Gasteiger partial charge in [-0.3, -0.25) is 4.79 Å². The second-order valence-corrected chi connectivity index (χ2v) is 5.98. The Balaban J connectivity index is 1.86. The van der Waals surface area contributed by atoms with Crippen LogP contribution in [-0.4, -0.2) is 18.5 Å². The number of amides is 3. The number of carbonyl (C=O) groups is 2. The minimum absolute atomic E-state index is 0.0915. The molecule has 0 bridgehead atoms. The minimum atomic E-state index is -0.167. The molecule has 0 saturated heterocycles. The molecule has 0 unspecified atom stereocenters. The van der Waals surface area contributed by atoms with Crippen molar-refractivity contribution in [3.63, 3.8) is 0 Å². The Labute approximate surface area is 148 Å². The molecule has 0 saturated carbocycles. The van der Waals surface area contributed by atoms with Crippen molar-refractivity contribution < 1.29 is 9.59 Å². The van der Waals surface area contributed by atoms with E-state index in [4.69, 9.17) is 0 Å². The molecule has 0 fully saturated rings. The third-order valence-electron chi connectivity index (χ3n) is 3.71. The van der Waals surface area contributed by atoms with E-state index >= 15 is 0 Å². The third kappa shape index (κ3) is 6.30. The summed E-state index contributed by atoms with van der Waals surface area (Å²) in [6.07, 6.45) is 0.906. The van der Waals surface area contributed by atoms with E-state index in [1.165, 1.54) is 0 Å². The lowest BCUT2D eigenvalue weighted by Crippen LogP contribution is -2.35. The molecule has 2 rings (SSSR count). The van der Waals surface area contributed by atoms with E-state index < -0.39 is 0 Å². The smallest absolute Gasteiger partial charge is 0.315 e. The van der Waals surface area contributed by atoms with Crippen LogP contribution < -0.4 is 16.0 Å². The maximum atomic E-state index is 12.2. The van der Waals surface area contributed by atoms with E-state index in [9.17, 15) is 9.59 Å². The van der Waals surface area contributed by atoms with Crippen molar-refractivity contribution in [2.24, 2.45) is 0 Å². The molecule has 132 valence electrons. The first-order valence-electron chi connectivity index (χ1n) is 8.53. The average molecular weight is 339 g/mol. The molecule has 0 radical (unpaired) electrons. The fourth-order valence-electron chi connectivity index (χ4n) is 2.40. The lowest BCUT2D eigenvalue weighted by Gasteiger charge is -2.09. The van der Waals surface area contributed by atoms with Crippen LogP contribution in [0.1, 0.15) is 40.4 Å². The second-order valence-electron chi connectivity index (χ2n) is 5.98. The SMILES string of the molecule is CCCNC(=O)NCc1cccc(CNC(=O)c2cccc(C)c2)c1. The number of hydrogen-bond donors (Lipinski definition) is 3. The van der Waals surface area contributed by atoms with Crippen molar-refractivity contribution in [1.82, 2.24) is 16.0 Å².